The molecule has 0 unspecified atom stereocenters. The van der Waals surface area contributed by atoms with Crippen molar-refractivity contribution in [3.05, 3.63) is 52.1 Å². The first-order valence-electron chi connectivity index (χ1n) is 7.01. The van der Waals surface area contributed by atoms with Crippen molar-refractivity contribution in [1.82, 2.24) is 25.1 Å². The summed E-state index contributed by atoms with van der Waals surface area (Å²) in [4.78, 5) is 23.2. The van der Waals surface area contributed by atoms with Crippen LogP contribution in [0.25, 0.3) is 23.1 Å². The molecule has 0 atom stereocenters. The average molecular weight is 295 g/mol. The maximum atomic E-state index is 12.0. The summed E-state index contributed by atoms with van der Waals surface area (Å²) in [5, 5.41) is 7.64. The first-order chi connectivity index (χ1) is 10.4. The van der Waals surface area contributed by atoms with E-state index in [-0.39, 0.29) is 11.0 Å². The van der Waals surface area contributed by atoms with E-state index in [0.29, 0.717) is 16.7 Å². The molecule has 0 radical (unpaired) electrons. The Morgan fingerprint density at radius 3 is 2.77 bits per heavy atom. The van der Waals surface area contributed by atoms with E-state index in [9.17, 15) is 4.79 Å². The van der Waals surface area contributed by atoms with Crippen LogP contribution in [0.5, 0.6) is 0 Å². The predicted molar refractivity (Wildman–Crippen MR) is 86.4 cm³/mol. The first kappa shape index (κ1) is 14.2. The zero-order valence-corrected chi connectivity index (χ0v) is 12.7. The number of fused-ring (bicyclic) bond motifs is 1. The van der Waals surface area contributed by atoms with Crippen LogP contribution in [0.2, 0.25) is 0 Å². The smallest absolute Gasteiger partial charge is 0.259 e. The van der Waals surface area contributed by atoms with Crippen molar-refractivity contribution in [2.75, 3.05) is 0 Å². The highest BCUT2D eigenvalue weighted by atomic mass is 16.1. The third-order valence-electron chi connectivity index (χ3n) is 3.37. The van der Waals surface area contributed by atoms with E-state index in [1.807, 2.05) is 6.08 Å². The second-order valence-corrected chi connectivity index (χ2v) is 6.13. The van der Waals surface area contributed by atoms with Crippen molar-refractivity contribution in [3.63, 3.8) is 0 Å². The van der Waals surface area contributed by atoms with Crippen LogP contribution in [0.1, 0.15) is 37.9 Å². The lowest BCUT2D eigenvalue weighted by Gasteiger charge is -2.17. The van der Waals surface area contributed by atoms with E-state index in [1.54, 1.807) is 30.7 Å². The summed E-state index contributed by atoms with van der Waals surface area (Å²) in [5.41, 5.74) is 2.38. The molecule has 0 saturated heterocycles. The molecule has 0 bridgehead atoms. The number of H-pyrrole nitrogens is 2. The Morgan fingerprint density at radius 1 is 1.18 bits per heavy atom. The third-order valence-corrected chi connectivity index (χ3v) is 3.37. The van der Waals surface area contributed by atoms with Crippen molar-refractivity contribution < 1.29 is 0 Å². The molecular weight excluding hydrogens is 278 g/mol. The van der Waals surface area contributed by atoms with E-state index < -0.39 is 0 Å². The minimum Gasteiger partial charge on any atom is -0.306 e. The molecule has 6 nitrogen and oxygen atoms in total. The molecule has 112 valence electrons. The quantitative estimate of drug-likeness (QED) is 0.760. The first-order valence-corrected chi connectivity index (χ1v) is 7.01. The Morgan fingerprint density at radius 2 is 2.00 bits per heavy atom. The van der Waals surface area contributed by atoms with Crippen molar-refractivity contribution in [2.24, 2.45) is 0 Å². The van der Waals surface area contributed by atoms with E-state index in [2.05, 4.69) is 45.9 Å². The zero-order chi connectivity index (χ0) is 15.7. The van der Waals surface area contributed by atoms with E-state index in [0.717, 1.165) is 11.3 Å². The van der Waals surface area contributed by atoms with Gasteiger partial charge in [-0.25, -0.2) is 4.98 Å². The minimum atomic E-state index is -0.171. The number of aromatic nitrogens is 5. The van der Waals surface area contributed by atoms with Crippen molar-refractivity contribution in [2.45, 2.75) is 26.2 Å². The molecule has 0 aliphatic heterocycles. The molecular formula is C16H17N5O. The van der Waals surface area contributed by atoms with Gasteiger partial charge < -0.3 is 4.98 Å². The van der Waals surface area contributed by atoms with Gasteiger partial charge >= 0.3 is 0 Å². The minimum absolute atomic E-state index is 0.0374. The topological polar surface area (TPSA) is 87.3 Å². The van der Waals surface area contributed by atoms with Crippen LogP contribution in [0.4, 0.5) is 0 Å². The highest BCUT2D eigenvalue weighted by Gasteiger charge is 2.18. The maximum absolute atomic E-state index is 12.0. The van der Waals surface area contributed by atoms with Crippen LogP contribution < -0.4 is 5.56 Å². The number of nitrogens with zero attached hydrogens (tertiary/aromatic N) is 3. The molecule has 3 aromatic heterocycles. The number of pyridine rings is 1. The van der Waals surface area contributed by atoms with Gasteiger partial charge in [-0.2, -0.15) is 5.10 Å². The third kappa shape index (κ3) is 2.67. The van der Waals surface area contributed by atoms with E-state index >= 15 is 0 Å². The van der Waals surface area contributed by atoms with Gasteiger partial charge in [0.25, 0.3) is 5.56 Å². The van der Waals surface area contributed by atoms with Crippen LogP contribution in [-0.4, -0.2) is 25.1 Å². The monoisotopic (exact) mass is 295 g/mol. The normalized spacial score (nSPS) is 12.3. The Kier molecular flexibility index (Phi) is 3.36. The highest BCUT2D eigenvalue weighted by molar-refractivity contribution is 5.78. The fraction of sp³-hybridized carbons (Fsp3) is 0.250. The van der Waals surface area contributed by atoms with Gasteiger partial charge in [-0.15, -0.1) is 0 Å². The van der Waals surface area contributed by atoms with E-state index in [4.69, 9.17) is 0 Å². The molecule has 2 N–H and O–H groups in total. The Balaban J connectivity index is 2.00. The standard InChI is InChI=1S/C16H17N5O/c1-16(2,3)14-10(8-18-21-14)4-5-13-19-12-9-17-7-6-11(12)15(22)20-13/h4-9H,1-3H3,(H,18,21)(H,19,20,22). The van der Waals surface area contributed by atoms with Gasteiger partial charge in [-0.05, 0) is 18.2 Å². The Labute approximate surface area is 127 Å². The van der Waals surface area contributed by atoms with Crippen molar-refractivity contribution >= 4 is 23.1 Å². The zero-order valence-electron chi connectivity index (χ0n) is 12.7. The summed E-state index contributed by atoms with van der Waals surface area (Å²) in [7, 11) is 0. The number of hydrogen-bond donors (Lipinski definition) is 2. The van der Waals surface area contributed by atoms with Gasteiger partial charge in [0.2, 0.25) is 0 Å². The number of rotatable bonds is 2. The van der Waals surface area contributed by atoms with Gasteiger partial charge in [0.1, 0.15) is 5.82 Å². The molecule has 0 aliphatic rings. The summed E-state index contributed by atoms with van der Waals surface area (Å²) in [6.45, 7) is 6.33. The summed E-state index contributed by atoms with van der Waals surface area (Å²) < 4.78 is 0. The van der Waals surface area contributed by atoms with Crippen LogP contribution in [-0.2, 0) is 5.41 Å². The fourth-order valence-corrected chi connectivity index (χ4v) is 2.28. The van der Waals surface area contributed by atoms with Gasteiger partial charge in [0.15, 0.2) is 0 Å². The van der Waals surface area contributed by atoms with Crippen LogP contribution in [0.15, 0.2) is 29.5 Å². The van der Waals surface area contributed by atoms with Crippen LogP contribution in [0, 0.1) is 0 Å². The summed E-state index contributed by atoms with van der Waals surface area (Å²) in [5.74, 6) is 0.492. The largest absolute Gasteiger partial charge is 0.306 e. The molecule has 0 aliphatic carbocycles. The van der Waals surface area contributed by atoms with Crippen LogP contribution in [0.3, 0.4) is 0 Å². The lowest BCUT2D eigenvalue weighted by Crippen LogP contribution is -2.13. The van der Waals surface area contributed by atoms with Gasteiger partial charge in [-0.1, -0.05) is 20.8 Å². The SMILES string of the molecule is CC(C)(C)c1[nH]ncc1C=Cc1nc2cnccc2c(=O)[nH]1. The Bertz CT molecular complexity index is 899. The second-order valence-electron chi connectivity index (χ2n) is 6.13. The molecule has 0 amide bonds. The molecule has 22 heavy (non-hydrogen) atoms. The van der Waals surface area contributed by atoms with Gasteiger partial charge in [0, 0.05) is 22.9 Å². The number of aromatic amines is 2. The summed E-state index contributed by atoms with van der Waals surface area (Å²) in [6.07, 6.45) is 8.59. The number of hydrogen-bond acceptors (Lipinski definition) is 4. The molecule has 3 aromatic rings. The fourth-order valence-electron chi connectivity index (χ4n) is 2.28. The molecule has 0 spiro atoms. The van der Waals surface area contributed by atoms with E-state index in [1.165, 1.54) is 0 Å². The summed E-state index contributed by atoms with van der Waals surface area (Å²) in [6, 6.07) is 1.66. The molecule has 3 heterocycles. The lowest BCUT2D eigenvalue weighted by molar-refractivity contribution is 0.566. The molecule has 0 saturated carbocycles. The predicted octanol–water partition coefficient (Wildman–Crippen LogP) is 2.51. The summed E-state index contributed by atoms with van der Waals surface area (Å²) >= 11 is 0. The maximum Gasteiger partial charge on any atom is 0.259 e. The highest BCUT2D eigenvalue weighted by Crippen LogP contribution is 2.24. The average Bonchev–Trinajstić information content (AvgIpc) is 2.94. The molecule has 6 heteroatoms. The molecule has 0 fully saturated rings. The second kappa shape index (κ2) is 5.22. The van der Waals surface area contributed by atoms with Crippen molar-refractivity contribution in [1.29, 1.82) is 0 Å². The molecule has 0 aromatic carbocycles. The van der Waals surface area contributed by atoms with Gasteiger partial charge in [-0.3, -0.25) is 14.9 Å². The number of nitrogens with one attached hydrogen (secondary N) is 2. The lowest BCUT2D eigenvalue weighted by atomic mass is 9.89. The van der Waals surface area contributed by atoms with Gasteiger partial charge in [0.05, 0.1) is 23.3 Å². The molecule has 3 rings (SSSR count). The van der Waals surface area contributed by atoms with Crippen molar-refractivity contribution in [3.8, 4) is 0 Å². The van der Waals surface area contributed by atoms with Crippen LogP contribution >= 0.6 is 0 Å². The Hall–Kier alpha value is -2.76.